The molecule has 3 N–H and O–H groups in total. The number of carboxylic acids is 1. The summed E-state index contributed by atoms with van der Waals surface area (Å²) in [6.45, 7) is 6.34. The van der Waals surface area contributed by atoms with Crippen LogP contribution in [0, 0.1) is 5.41 Å². The number of carbonyl (C=O) groups is 1. The van der Waals surface area contributed by atoms with E-state index in [1.807, 2.05) is 13.8 Å². The molecule has 0 aliphatic carbocycles. The number of hydrogen-bond donors (Lipinski definition) is 2. The largest absolute Gasteiger partial charge is 0.480 e. The Labute approximate surface area is 92.4 Å². The number of rotatable bonds is 6. The Kier molecular flexibility index (Phi) is 4.74. The third-order valence-electron chi connectivity index (χ3n) is 3.63. The molecule has 4 heteroatoms. The highest BCUT2D eigenvalue weighted by atomic mass is 16.4. The van der Waals surface area contributed by atoms with Crippen LogP contribution in [0.4, 0.5) is 0 Å². The van der Waals surface area contributed by atoms with E-state index < -0.39 is 11.5 Å². The first-order chi connectivity index (χ1) is 6.70. The van der Waals surface area contributed by atoms with E-state index in [0.717, 1.165) is 12.8 Å². The van der Waals surface area contributed by atoms with Crippen LogP contribution in [-0.4, -0.2) is 42.2 Å². The van der Waals surface area contributed by atoms with Crippen LogP contribution < -0.4 is 5.73 Å². The fourth-order valence-corrected chi connectivity index (χ4v) is 1.87. The summed E-state index contributed by atoms with van der Waals surface area (Å²) in [6, 6.07) is 0. The Balaban J connectivity index is 4.98. The van der Waals surface area contributed by atoms with Crippen molar-refractivity contribution in [3.05, 3.63) is 0 Å². The van der Waals surface area contributed by atoms with Crippen molar-refractivity contribution < 1.29 is 9.90 Å². The number of hydrogen-bond acceptors (Lipinski definition) is 3. The Morgan fingerprint density at radius 1 is 1.33 bits per heavy atom. The van der Waals surface area contributed by atoms with Gasteiger partial charge in [0, 0.05) is 0 Å². The van der Waals surface area contributed by atoms with Crippen molar-refractivity contribution in [2.75, 3.05) is 20.6 Å². The second-order valence-corrected chi connectivity index (χ2v) is 5.05. The molecule has 4 nitrogen and oxygen atoms in total. The highest BCUT2D eigenvalue weighted by Gasteiger charge is 2.48. The van der Waals surface area contributed by atoms with Crippen molar-refractivity contribution >= 4 is 5.97 Å². The second-order valence-electron chi connectivity index (χ2n) is 5.05. The zero-order valence-corrected chi connectivity index (χ0v) is 10.5. The number of nitrogens with zero attached hydrogens (tertiary/aromatic N) is 1. The third-order valence-corrected chi connectivity index (χ3v) is 3.63. The SMILES string of the molecule is CN(C)[C@](C)(C(=O)O)C(C)(C)CCCN. The predicted molar refractivity (Wildman–Crippen MR) is 61.8 cm³/mol. The van der Waals surface area contributed by atoms with Gasteiger partial charge in [-0.05, 0) is 45.8 Å². The number of likely N-dealkylation sites (N-methyl/N-ethyl adjacent to an activating group) is 1. The molecule has 0 saturated carbocycles. The molecule has 0 fully saturated rings. The summed E-state index contributed by atoms with van der Waals surface area (Å²) in [4.78, 5) is 13.2. The molecule has 15 heavy (non-hydrogen) atoms. The number of nitrogens with two attached hydrogens (primary N) is 1. The van der Waals surface area contributed by atoms with Crippen LogP contribution in [0.15, 0.2) is 0 Å². The zero-order chi connectivity index (χ0) is 12.3. The highest BCUT2D eigenvalue weighted by Crippen LogP contribution is 2.38. The van der Waals surface area contributed by atoms with Crippen molar-refractivity contribution in [2.45, 2.75) is 39.2 Å². The van der Waals surface area contributed by atoms with Gasteiger partial charge in [-0.2, -0.15) is 0 Å². The van der Waals surface area contributed by atoms with Gasteiger partial charge in [-0.1, -0.05) is 13.8 Å². The topological polar surface area (TPSA) is 66.6 Å². The maximum absolute atomic E-state index is 11.4. The molecule has 0 spiro atoms. The van der Waals surface area contributed by atoms with E-state index in [2.05, 4.69) is 0 Å². The summed E-state index contributed by atoms with van der Waals surface area (Å²) in [5, 5.41) is 9.36. The smallest absolute Gasteiger partial charge is 0.324 e. The summed E-state index contributed by atoms with van der Waals surface area (Å²) < 4.78 is 0. The predicted octanol–water partition coefficient (Wildman–Crippen LogP) is 1.16. The summed E-state index contributed by atoms with van der Waals surface area (Å²) in [5.41, 5.74) is 4.31. The van der Waals surface area contributed by atoms with Gasteiger partial charge in [0.15, 0.2) is 0 Å². The van der Waals surface area contributed by atoms with Crippen LogP contribution in [0.1, 0.15) is 33.6 Å². The standard InChI is InChI=1S/C11H24N2O2/c1-10(2,7-6-8-12)11(3,9(14)15)13(4)5/h6-8,12H2,1-5H3,(H,14,15)/t11-/m1/s1. The molecule has 90 valence electrons. The van der Waals surface area contributed by atoms with Crippen molar-refractivity contribution in [1.82, 2.24) is 4.90 Å². The second kappa shape index (κ2) is 4.94. The summed E-state index contributed by atoms with van der Waals surface area (Å²) in [5.74, 6) is -0.783. The van der Waals surface area contributed by atoms with Gasteiger partial charge in [0.1, 0.15) is 5.54 Å². The molecule has 0 aromatic carbocycles. The van der Waals surface area contributed by atoms with Crippen LogP contribution in [0.2, 0.25) is 0 Å². The van der Waals surface area contributed by atoms with E-state index in [0.29, 0.717) is 6.54 Å². The molecular weight excluding hydrogens is 192 g/mol. The third kappa shape index (κ3) is 2.69. The summed E-state index contributed by atoms with van der Waals surface area (Å²) in [6.07, 6.45) is 1.66. The number of aliphatic carboxylic acids is 1. The van der Waals surface area contributed by atoms with Gasteiger partial charge in [-0.15, -0.1) is 0 Å². The van der Waals surface area contributed by atoms with Crippen LogP contribution >= 0.6 is 0 Å². The quantitative estimate of drug-likeness (QED) is 0.699. The maximum Gasteiger partial charge on any atom is 0.324 e. The lowest BCUT2D eigenvalue weighted by atomic mass is 9.69. The molecule has 0 heterocycles. The molecule has 0 unspecified atom stereocenters. The molecule has 0 aliphatic rings. The summed E-state index contributed by atoms with van der Waals surface area (Å²) in [7, 11) is 3.61. The van der Waals surface area contributed by atoms with Crippen molar-refractivity contribution in [1.29, 1.82) is 0 Å². The Hall–Kier alpha value is -0.610. The van der Waals surface area contributed by atoms with Crippen LogP contribution in [-0.2, 0) is 4.79 Å². The van der Waals surface area contributed by atoms with Crippen LogP contribution in [0.5, 0.6) is 0 Å². The van der Waals surface area contributed by atoms with Gasteiger partial charge in [0.05, 0.1) is 0 Å². The average molecular weight is 216 g/mol. The van der Waals surface area contributed by atoms with Gasteiger partial charge < -0.3 is 10.8 Å². The molecule has 0 aromatic heterocycles. The van der Waals surface area contributed by atoms with E-state index in [9.17, 15) is 9.90 Å². The van der Waals surface area contributed by atoms with E-state index >= 15 is 0 Å². The van der Waals surface area contributed by atoms with Gasteiger partial charge in [-0.3, -0.25) is 9.69 Å². The molecule has 0 rings (SSSR count). The zero-order valence-electron chi connectivity index (χ0n) is 10.5. The first-order valence-corrected chi connectivity index (χ1v) is 5.31. The van der Waals surface area contributed by atoms with E-state index in [4.69, 9.17) is 5.73 Å². The Bertz CT molecular complexity index is 227. The van der Waals surface area contributed by atoms with Crippen molar-refractivity contribution in [3.63, 3.8) is 0 Å². The Morgan fingerprint density at radius 2 is 1.80 bits per heavy atom. The normalized spacial score (nSPS) is 16.5. The molecule has 0 radical (unpaired) electrons. The van der Waals surface area contributed by atoms with Crippen molar-refractivity contribution in [3.8, 4) is 0 Å². The molecule has 0 bridgehead atoms. The monoisotopic (exact) mass is 216 g/mol. The molecule has 1 atom stereocenters. The van der Waals surface area contributed by atoms with Crippen molar-refractivity contribution in [2.24, 2.45) is 11.1 Å². The first-order valence-electron chi connectivity index (χ1n) is 5.31. The minimum absolute atomic E-state index is 0.304. The highest BCUT2D eigenvalue weighted by molar-refractivity contribution is 5.79. The van der Waals surface area contributed by atoms with Gasteiger partial charge in [0.25, 0.3) is 0 Å². The lowest BCUT2D eigenvalue weighted by molar-refractivity contribution is -0.157. The fraction of sp³-hybridized carbons (Fsp3) is 0.909. The molecule has 0 aliphatic heterocycles. The molecule has 0 saturated heterocycles. The minimum atomic E-state index is -0.859. The number of carboxylic acid groups (broad SMARTS) is 1. The first kappa shape index (κ1) is 14.4. The van der Waals surface area contributed by atoms with E-state index in [-0.39, 0.29) is 5.41 Å². The average Bonchev–Trinajstić information content (AvgIpc) is 2.12. The van der Waals surface area contributed by atoms with Crippen LogP contribution in [0.25, 0.3) is 0 Å². The molecule has 0 aromatic rings. The van der Waals surface area contributed by atoms with Gasteiger partial charge >= 0.3 is 5.97 Å². The van der Waals surface area contributed by atoms with Crippen LogP contribution in [0.3, 0.4) is 0 Å². The van der Waals surface area contributed by atoms with Gasteiger partial charge in [0.2, 0.25) is 0 Å². The molecular formula is C11H24N2O2. The maximum atomic E-state index is 11.4. The minimum Gasteiger partial charge on any atom is -0.480 e. The lowest BCUT2D eigenvalue weighted by Crippen LogP contribution is -2.58. The summed E-state index contributed by atoms with van der Waals surface area (Å²) >= 11 is 0. The fourth-order valence-electron chi connectivity index (χ4n) is 1.87. The molecule has 0 amide bonds. The lowest BCUT2D eigenvalue weighted by Gasteiger charge is -2.45. The van der Waals surface area contributed by atoms with Gasteiger partial charge in [-0.25, -0.2) is 0 Å². The Morgan fingerprint density at radius 3 is 2.07 bits per heavy atom. The van der Waals surface area contributed by atoms with E-state index in [1.165, 1.54) is 0 Å². The van der Waals surface area contributed by atoms with E-state index in [1.54, 1.807) is 25.9 Å².